The summed E-state index contributed by atoms with van der Waals surface area (Å²) >= 11 is 0. The summed E-state index contributed by atoms with van der Waals surface area (Å²) in [6.45, 7) is 0. The number of hydrogen-bond acceptors (Lipinski definition) is 2. The Bertz CT molecular complexity index is 291. The summed E-state index contributed by atoms with van der Waals surface area (Å²) in [5, 5.41) is 8.82. The molecule has 0 radical (unpaired) electrons. The Labute approximate surface area is 103 Å². The van der Waals surface area contributed by atoms with E-state index in [1.165, 1.54) is 38.5 Å². The molecule has 0 spiro atoms. The number of rotatable bonds is 4. The SMILES string of the molecule is NC(CC(=O)O)CC12CC3CC(CC(C3)C1)C2. The van der Waals surface area contributed by atoms with E-state index in [0.717, 1.165) is 24.2 Å². The van der Waals surface area contributed by atoms with E-state index in [0.29, 0.717) is 5.41 Å². The maximum atomic E-state index is 10.7. The lowest BCUT2D eigenvalue weighted by molar-refractivity contribution is -0.137. The maximum absolute atomic E-state index is 10.7. The van der Waals surface area contributed by atoms with Crippen LogP contribution in [0.2, 0.25) is 0 Å². The van der Waals surface area contributed by atoms with Crippen molar-refractivity contribution < 1.29 is 9.90 Å². The second-order valence-corrected chi connectivity index (χ2v) is 6.98. The molecule has 96 valence electrons. The molecule has 4 fully saturated rings. The van der Waals surface area contributed by atoms with E-state index in [1.54, 1.807) is 0 Å². The van der Waals surface area contributed by atoms with Crippen LogP contribution in [0.25, 0.3) is 0 Å². The van der Waals surface area contributed by atoms with Crippen LogP contribution in [0.3, 0.4) is 0 Å². The first-order chi connectivity index (χ1) is 8.05. The van der Waals surface area contributed by atoms with Crippen LogP contribution < -0.4 is 5.73 Å². The molecule has 4 saturated carbocycles. The van der Waals surface area contributed by atoms with Gasteiger partial charge in [0.2, 0.25) is 0 Å². The molecule has 4 aliphatic carbocycles. The van der Waals surface area contributed by atoms with Crippen molar-refractivity contribution in [3.05, 3.63) is 0 Å². The van der Waals surface area contributed by atoms with Gasteiger partial charge in [-0.2, -0.15) is 0 Å². The van der Waals surface area contributed by atoms with E-state index >= 15 is 0 Å². The lowest BCUT2D eigenvalue weighted by atomic mass is 9.48. The molecule has 0 aromatic heterocycles. The van der Waals surface area contributed by atoms with Gasteiger partial charge in [-0.1, -0.05) is 0 Å². The van der Waals surface area contributed by atoms with Gasteiger partial charge in [-0.15, -0.1) is 0 Å². The highest BCUT2D eigenvalue weighted by atomic mass is 16.4. The zero-order chi connectivity index (χ0) is 12.0. The van der Waals surface area contributed by atoms with Crippen molar-refractivity contribution in [1.29, 1.82) is 0 Å². The molecular formula is C14H23NO2. The Kier molecular flexibility index (Phi) is 2.69. The predicted molar refractivity (Wildman–Crippen MR) is 65.5 cm³/mol. The molecule has 4 bridgehead atoms. The minimum atomic E-state index is -0.748. The molecule has 4 rings (SSSR count). The number of carboxylic acids is 1. The fourth-order valence-electron chi connectivity index (χ4n) is 5.39. The van der Waals surface area contributed by atoms with E-state index < -0.39 is 5.97 Å². The molecule has 1 atom stereocenters. The van der Waals surface area contributed by atoms with Crippen LogP contribution in [0.1, 0.15) is 51.4 Å². The van der Waals surface area contributed by atoms with Crippen molar-refractivity contribution in [1.82, 2.24) is 0 Å². The van der Waals surface area contributed by atoms with E-state index in [-0.39, 0.29) is 12.5 Å². The monoisotopic (exact) mass is 237 g/mol. The Morgan fingerprint density at radius 3 is 2.06 bits per heavy atom. The Morgan fingerprint density at radius 2 is 1.65 bits per heavy atom. The summed E-state index contributed by atoms with van der Waals surface area (Å²) in [4.78, 5) is 10.7. The Hall–Kier alpha value is -0.570. The minimum absolute atomic E-state index is 0.135. The zero-order valence-corrected chi connectivity index (χ0v) is 10.4. The van der Waals surface area contributed by atoms with Crippen LogP contribution in [-0.4, -0.2) is 17.1 Å². The quantitative estimate of drug-likeness (QED) is 0.789. The van der Waals surface area contributed by atoms with Gasteiger partial charge in [0.1, 0.15) is 0 Å². The fraction of sp³-hybridized carbons (Fsp3) is 0.929. The Balaban J connectivity index is 1.67. The molecule has 0 amide bonds. The Morgan fingerprint density at radius 1 is 1.18 bits per heavy atom. The summed E-state index contributed by atoms with van der Waals surface area (Å²) in [5.74, 6) is 2.04. The van der Waals surface area contributed by atoms with Crippen molar-refractivity contribution in [3.8, 4) is 0 Å². The molecule has 0 aliphatic heterocycles. The third kappa shape index (κ3) is 2.22. The molecular weight excluding hydrogens is 214 g/mol. The lowest BCUT2D eigenvalue weighted by Gasteiger charge is -2.57. The van der Waals surface area contributed by atoms with Gasteiger partial charge in [0.05, 0.1) is 6.42 Å². The molecule has 17 heavy (non-hydrogen) atoms. The van der Waals surface area contributed by atoms with Crippen LogP contribution in [0, 0.1) is 23.2 Å². The van der Waals surface area contributed by atoms with Gasteiger partial charge in [-0.05, 0) is 68.1 Å². The normalized spacial score (nSPS) is 44.9. The molecule has 0 saturated heterocycles. The highest BCUT2D eigenvalue weighted by molar-refractivity contribution is 5.67. The maximum Gasteiger partial charge on any atom is 0.304 e. The number of nitrogens with two attached hydrogens (primary N) is 1. The number of carbonyl (C=O) groups is 1. The van der Waals surface area contributed by atoms with Crippen LogP contribution in [-0.2, 0) is 4.79 Å². The van der Waals surface area contributed by atoms with Gasteiger partial charge in [-0.3, -0.25) is 4.79 Å². The number of carboxylic acid groups (broad SMARTS) is 1. The standard InChI is InChI=1S/C14H23NO2/c15-12(4-13(16)17)8-14-5-9-1-10(6-14)3-11(2-9)7-14/h9-12H,1-8,15H2,(H,16,17). The third-order valence-electron chi connectivity index (χ3n) is 5.30. The first kappa shape index (κ1) is 11.5. The lowest BCUT2D eigenvalue weighted by Crippen LogP contribution is -2.48. The van der Waals surface area contributed by atoms with E-state index in [9.17, 15) is 4.79 Å². The largest absolute Gasteiger partial charge is 0.481 e. The van der Waals surface area contributed by atoms with Gasteiger partial charge in [0.15, 0.2) is 0 Å². The van der Waals surface area contributed by atoms with Crippen molar-refractivity contribution in [3.63, 3.8) is 0 Å². The van der Waals surface area contributed by atoms with Gasteiger partial charge in [-0.25, -0.2) is 0 Å². The van der Waals surface area contributed by atoms with Crippen LogP contribution in [0.15, 0.2) is 0 Å². The van der Waals surface area contributed by atoms with Gasteiger partial charge in [0, 0.05) is 6.04 Å². The molecule has 1 unspecified atom stereocenters. The topological polar surface area (TPSA) is 63.3 Å². The van der Waals surface area contributed by atoms with Crippen molar-refractivity contribution in [2.24, 2.45) is 28.9 Å². The second-order valence-electron chi connectivity index (χ2n) is 6.98. The van der Waals surface area contributed by atoms with E-state index in [1.807, 2.05) is 0 Å². The van der Waals surface area contributed by atoms with E-state index in [4.69, 9.17) is 10.8 Å². The van der Waals surface area contributed by atoms with E-state index in [2.05, 4.69) is 0 Å². The number of hydrogen-bond donors (Lipinski definition) is 2. The molecule has 4 aliphatic rings. The molecule has 3 heteroatoms. The first-order valence-electron chi connectivity index (χ1n) is 7.02. The van der Waals surface area contributed by atoms with Crippen LogP contribution >= 0.6 is 0 Å². The minimum Gasteiger partial charge on any atom is -0.481 e. The summed E-state index contributed by atoms with van der Waals surface area (Å²) in [5.41, 5.74) is 6.44. The summed E-state index contributed by atoms with van der Waals surface area (Å²) in [6.07, 6.45) is 9.38. The van der Waals surface area contributed by atoms with Gasteiger partial charge in [0.25, 0.3) is 0 Å². The summed E-state index contributed by atoms with van der Waals surface area (Å²) < 4.78 is 0. The molecule has 3 N–H and O–H groups in total. The third-order valence-corrected chi connectivity index (χ3v) is 5.30. The van der Waals surface area contributed by atoms with Crippen molar-refractivity contribution in [2.75, 3.05) is 0 Å². The summed E-state index contributed by atoms with van der Waals surface area (Å²) in [7, 11) is 0. The molecule has 0 heterocycles. The molecule has 0 aromatic carbocycles. The second kappa shape index (κ2) is 3.98. The van der Waals surface area contributed by atoms with Crippen molar-refractivity contribution in [2.45, 2.75) is 57.4 Å². The van der Waals surface area contributed by atoms with Crippen LogP contribution in [0.4, 0.5) is 0 Å². The predicted octanol–water partition coefficient (Wildman–Crippen LogP) is 2.39. The average Bonchev–Trinajstić information content (AvgIpc) is 2.11. The smallest absolute Gasteiger partial charge is 0.304 e. The molecule has 0 aromatic rings. The zero-order valence-electron chi connectivity index (χ0n) is 10.4. The van der Waals surface area contributed by atoms with Crippen molar-refractivity contribution >= 4 is 5.97 Å². The highest BCUT2D eigenvalue weighted by Crippen LogP contribution is 2.61. The molecule has 3 nitrogen and oxygen atoms in total. The average molecular weight is 237 g/mol. The fourth-order valence-corrected chi connectivity index (χ4v) is 5.39. The van der Waals surface area contributed by atoms with Gasteiger partial charge < -0.3 is 10.8 Å². The summed E-state index contributed by atoms with van der Waals surface area (Å²) in [6, 6.07) is -0.135. The highest BCUT2D eigenvalue weighted by Gasteiger charge is 2.51. The first-order valence-corrected chi connectivity index (χ1v) is 7.02. The van der Waals surface area contributed by atoms with Crippen LogP contribution in [0.5, 0.6) is 0 Å². The van der Waals surface area contributed by atoms with Gasteiger partial charge >= 0.3 is 5.97 Å². The number of aliphatic carboxylic acids is 1.